The van der Waals surface area contributed by atoms with Crippen molar-refractivity contribution in [3.05, 3.63) is 47.0 Å². The van der Waals surface area contributed by atoms with E-state index in [1.165, 1.54) is 0 Å². The first-order chi connectivity index (χ1) is 21.3. The summed E-state index contributed by atoms with van der Waals surface area (Å²) in [6.07, 6.45) is 8.93. The Kier molecular flexibility index (Phi) is 7.31. The van der Waals surface area contributed by atoms with E-state index in [9.17, 15) is 14.4 Å². The van der Waals surface area contributed by atoms with Crippen molar-refractivity contribution in [3.8, 4) is 5.75 Å². The van der Waals surface area contributed by atoms with E-state index in [1.54, 1.807) is 23.3 Å². The van der Waals surface area contributed by atoms with Crippen LogP contribution in [0, 0.1) is 0 Å². The average molecular weight is 602 g/mol. The van der Waals surface area contributed by atoms with E-state index in [-0.39, 0.29) is 30.2 Å². The molecule has 0 radical (unpaired) electrons. The van der Waals surface area contributed by atoms with Gasteiger partial charge in [0.1, 0.15) is 11.8 Å². The third-order valence-electron chi connectivity index (χ3n) is 9.66. The Morgan fingerprint density at radius 2 is 1.73 bits per heavy atom. The maximum absolute atomic E-state index is 13.3. The number of nitrogen functional groups attached to an aromatic ring is 1. The molecular formula is C32H39N7O5. The topological polar surface area (TPSA) is 139 Å². The van der Waals surface area contributed by atoms with Gasteiger partial charge >= 0.3 is 5.69 Å². The third-order valence-corrected chi connectivity index (χ3v) is 9.66. The zero-order valence-corrected chi connectivity index (χ0v) is 25.2. The molecule has 1 saturated carbocycles. The Morgan fingerprint density at radius 1 is 0.977 bits per heavy atom. The lowest BCUT2D eigenvalue weighted by Gasteiger charge is -2.37. The first-order valence-corrected chi connectivity index (χ1v) is 15.6. The first kappa shape index (κ1) is 28.5. The van der Waals surface area contributed by atoms with Crippen LogP contribution in [0.4, 0.5) is 11.4 Å². The SMILES string of the molecule is COc1cc2nn([C@H]3CC[C@H](OC4CCN(c5cccc6c5n(C)c(=O)n6C5CCC(=O)NC5=O)CC4)CC3)cc2cc1N. The number of benzene rings is 2. The van der Waals surface area contributed by atoms with Gasteiger partial charge < -0.3 is 20.1 Å². The molecule has 3 N–H and O–H groups in total. The number of carbonyl (C=O) groups is 2. The van der Waals surface area contributed by atoms with Gasteiger partial charge in [-0.3, -0.25) is 28.7 Å². The second-order valence-corrected chi connectivity index (χ2v) is 12.3. The summed E-state index contributed by atoms with van der Waals surface area (Å²) >= 11 is 0. The number of piperidine rings is 2. The number of hydrogen-bond acceptors (Lipinski definition) is 8. The van der Waals surface area contributed by atoms with Crippen molar-refractivity contribution in [1.29, 1.82) is 0 Å². The zero-order valence-electron chi connectivity index (χ0n) is 25.2. The number of carbonyl (C=O) groups excluding carboxylic acids is 2. The number of hydrogen-bond donors (Lipinski definition) is 2. The van der Waals surface area contributed by atoms with Crippen LogP contribution < -0.4 is 26.4 Å². The Balaban J connectivity index is 0.980. The van der Waals surface area contributed by atoms with E-state index in [0.29, 0.717) is 29.4 Å². The minimum Gasteiger partial charge on any atom is -0.495 e. The number of aromatic nitrogens is 4. The number of ether oxygens (including phenoxy) is 2. The molecule has 2 aromatic heterocycles. The van der Waals surface area contributed by atoms with Gasteiger partial charge in [0.2, 0.25) is 11.8 Å². The van der Waals surface area contributed by atoms with Crippen LogP contribution in [-0.2, 0) is 21.4 Å². The molecule has 0 bridgehead atoms. The first-order valence-electron chi connectivity index (χ1n) is 15.6. The molecule has 2 aliphatic heterocycles. The minimum absolute atomic E-state index is 0.201. The Hall–Kier alpha value is -4.32. The predicted octanol–water partition coefficient (Wildman–Crippen LogP) is 3.43. The van der Waals surface area contributed by atoms with Crippen molar-refractivity contribution in [2.24, 2.45) is 7.05 Å². The fourth-order valence-corrected chi connectivity index (χ4v) is 7.31. The van der Waals surface area contributed by atoms with Crippen LogP contribution in [0.1, 0.15) is 63.5 Å². The number of nitrogens with zero attached hydrogens (tertiary/aromatic N) is 5. The monoisotopic (exact) mass is 601 g/mol. The maximum atomic E-state index is 13.3. The minimum atomic E-state index is -0.692. The lowest BCUT2D eigenvalue weighted by atomic mass is 9.92. The second-order valence-electron chi connectivity index (χ2n) is 12.3. The predicted molar refractivity (Wildman–Crippen MR) is 167 cm³/mol. The molecule has 1 atom stereocenters. The lowest BCUT2D eigenvalue weighted by Crippen LogP contribution is -2.44. The van der Waals surface area contributed by atoms with Crippen LogP contribution in [0.25, 0.3) is 21.9 Å². The van der Waals surface area contributed by atoms with Crippen LogP contribution in [0.15, 0.2) is 41.3 Å². The highest BCUT2D eigenvalue weighted by molar-refractivity contribution is 6.00. The molecular weight excluding hydrogens is 562 g/mol. The van der Waals surface area contributed by atoms with Gasteiger partial charge in [-0.1, -0.05) is 6.07 Å². The van der Waals surface area contributed by atoms with Gasteiger partial charge in [0.25, 0.3) is 0 Å². The average Bonchev–Trinajstić information content (AvgIpc) is 3.55. The van der Waals surface area contributed by atoms with Crippen molar-refractivity contribution in [2.75, 3.05) is 30.8 Å². The molecule has 2 saturated heterocycles. The molecule has 1 aliphatic carbocycles. The van der Waals surface area contributed by atoms with Gasteiger partial charge in [-0.05, 0) is 63.1 Å². The smallest absolute Gasteiger partial charge is 0.329 e. The fourth-order valence-electron chi connectivity index (χ4n) is 7.31. The van der Waals surface area contributed by atoms with Gasteiger partial charge in [0.05, 0.1) is 53.3 Å². The van der Waals surface area contributed by atoms with Crippen molar-refractivity contribution in [3.63, 3.8) is 0 Å². The fraction of sp³-hybridized carbons (Fsp3) is 0.500. The van der Waals surface area contributed by atoms with E-state index < -0.39 is 11.9 Å². The third kappa shape index (κ3) is 5.00. The molecule has 3 fully saturated rings. The molecule has 4 heterocycles. The number of rotatable bonds is 6. The lowest BCUT2D eigenvalue weighted by molar-refractivity contribution is -0.135. The van der Waals surface area contributed by atoms with Crippen molar-refractivity contribution in [1.82, 2.24) is 24.2 Å². The summed E-state index contributed by atoms with van der Waals surface area (Å²) in [6.45, 7) is 1.65. The number of nitrogens with one attached hydrogen (secondary N) is 1. The highest BCUT2D eigenvalue weighted by atomic mass is 16.5. The van der Waals surface area contributed by atoms with Gasteiger partial charge in [0, 0.05) is 44.2 Å². The molecule has 2 aromatic carbocycles. The summed E-state index contributed by atoms with van der Waals surface area (Å²) in [5, 5.41) is 8.22. The van der Waals surface area contributed by atoms with Crippen LogP contribution in [0.5, 0.6) is 5.75 Å². The van der Waals surface area contributed by atoms with Gasteiger partial charge in [-0.25, -0.2) is 4.79 Å². The molecule has 0 spiro atoms. The number of anilines is 2. The normalized spacial score (nSPS) is 23.4. The van der Waals surface area contributed by atoms with Gasteiger partial charge in [-0.15, -0.1) is 0 Å². The molecule has 1 unspecified atom stereocenters. The molecule has 4 aromatic rings. The van der Waals surface area contributed by atoms with Gasteiger partial charge in [-0.2, -0.15) is 5.10 Å². The standard InChI is InChI=1S/C32H39N7O5/c1-36-30-25(4-3-5-26(30)39(32(36)42)27-10-11-29(40)34-31(27)41)37-14-12-22(13-15-37)44-21-8-6-20(7-9-21)38-18-19-16-23(33)28(43-2)17-24(19)35-38/h3-5,16-18,20-22,27H,6-15,33H2,1-2H3,(H,34,40,41)/t20-,21-,27?. The highest BCUT2D eigenvalue weighted by Gasteiger charge is 2.33. The number of amides is 2. The quantitative estimate of drug-likeness (QED) is 0.253. The second kappa shape index (κ2) is 11.3. The largest absolute Gasteiger partial charge is 0.495 e. The molecule has 232 valence electrons. The number of para-hydroxylation sites is 1. The number of methoxy groups -OCH3 is 1. The number of imidazole rings is 1. The molecule has 44 heavy (non-hydrogen) atoms. The zero-order chi connectivity index (χ0) is 30.5. The summed E-state index contributed by atoms with van der Waals surface area (Å²) in [7, 11) is 3.37. The number of imide groups is 1. The van der Waals surface area contributed by atoms with Crippen LogP contribution >= 0.6 is 0 Å². The molecule has 7 rings (SSSR count). The van der Waals surface area contributed by atoms with Crippen LogP contribution in [-0.4, -0.2) is 63.1 Å². The van der Waals surface area contributed by atoms with Crippen LogP contribution in [0.3, 0.4) is 0 Å². The number of aryl methyl sites for hydroxylation is 1. The summed E-state index contributed by atoms with van der Waals surface area (Å²) in [4.78, 5) is 40.0. The van der Waals surface area contributed by atoms with Crippen molar-refractivity contribution < 1.29 is 19.1 Å². The van der Waals surface area contributed by atoms with E-state index in [0.717, 1.165) is 73.7 Å². The number of fused-ring (bicyclic) bond motifs is 2. The van der Waals surface area contributed by atoms with Crippen molar-refractivity contribution >= 4 is 45.1 Å². The molecule has 2 amide bonds. The van der Waals surface area contributed by atoms with Crippen LogP contribution in [0.2, 0.25) is 0 Å². The molecule has 12 heteroatoms. The Labute approximate surface area is 254 Å². The number of nitrogens with two attached hydrogens (primary N) is 1. The summed E-state index contributed by atoms with van der Waals surface area (Å²) in [5.41, 5.74) is 9.87. The van der Waals surface area contributed by atoms with Gasteiger partial charge in [0.15, 0.2) is 0 Å². The Morgan fingerprint density at radius 3 is 2.45 bits per heavy atom. The molecule has 12 nitrogen and oxygen atoms in total. The van der Waals surface area contributed by atoms with E-state index in [4.69, 9.17) is 20.3 Å². The summed E-state index contributed by atoms with van der Waals surface area (Å²) in [5.74, 6) is -0.0632. The van der Waals surface area contributed by atoms with E-state index in [1.807, 2.05) is 30.3 Å². The highest BCUT2D eigenvalue weighted by Crippen LogP contribution is 2.35. The van der Waals surface area contributed by atoms with Crippen molar-refractivity contribution in [2.45, 2.75) is 75.7 Å². The van der Waals surface area contributed by atoms with E-state index in [2.05, 4.69) is 21.1 Å². The maximum Gasteiger partial charge on any atom is 0.329 e. The summed E-state index contributed by atoms with van der Waals surface area (Å²) < 4.78 is 17.2. The summed E-state index contributed by atoms with van der Waals surface area (Å²) in [6, 6.07) is 9.34. The Bertz CT molecular complexity index is 1790. The molecule has 3 aliphatic rings. The van der Waals surface area contributed by atoms with E-state index >= 15 is 0 Å².